The Kier molecular flexibility index (Phi) is 16.7. The van der Waals surface area contributed by atoms with E-state index in [0.29, 0.717) is 0 Å². The number of carbonyl (C=O) groups excluding carboxylic acids is 2. The van der Waals surface area contributed by atoms with Crippen molar-refractivity contribution in [2.24, 2.45) is 0 Å². The average molecular weight is 751 g/mol. The van der Waals surface area contributed by atoms with Gasteiger partial charge in [0.2, 0.25) is 11.8 Å². The van der Waals surface area contributed by atoms with E-state index >= 15 is 0 Å². The molecule has 23 nitrogen and oxygen atoms in total. The van der Waals surface area contributed by atoms with Crippen LogP contribution in [0, 0.1) is 0 Å². The molecular weight excluding hydrogens is 700 g/mol. The molecule has 3 rings (SSSR count). The number of nitrogens with one attached hydrogen (secondary N) is 2. The molecule has 19 atom stereocenters. The van der Waals surface area contributed by atoms with E-state index in [1.54, 1.807) is 0 Å². The monoisotopic (exact) mass is 750 g/mol. The van der Waals surface area contributed by atoms with Gasteiger partial charge in [0.1, 0.15) is 91.5 Å². The van der Waals surface area contributed by atoms with Gasteiger partial charge in [-0.3, -0.25) is 9.59 Å². The molecule has 0 aliphatic carbocycles. The van der Waals surface area contributed by atoms with Gasteiger partial charge in [-0.15, -0.1) is 0 Å². The van der Waals surface area contributed by atoms with Gasteiger partial charge >= 0.3 is 0 Å². The summed E-state index contributed by atoms with van der Waals surface area (Å²) in [5.41, 5.74) is 0. The van der Waals surface area contributed by atoms with Gasteiger partial charge in [-0.2, -0.15) is 0 Å². The molecule has 0 spiro atoms. The van der Waals surface area contributed by atoms with E-state index in [1.807, 2.05) is 0 Å². The van der Waals surface area contributed by atoms with Crippen LogP contribution in [0.25, 0.3) is 0 Å². The van der Waals surface area contributed by atoms with Crippen molar-refractivity contribution in [3.8, 4) is 0 Å². The molecule has 3 aliphatic heterocycles. The maximum Gasteiger partial charge on any atom is 0.217 e. The molecule has 0 unspecified atom stereocenters. The molecule has 0 aromatic heterocycles. The van der Waals surface area contributed by atoms with Crippen molar-refractivity contribution in [3.05, 3.63) is 0 Å². The zero-order chi connectivity index (χ0) is 38.3. The van der Waals surface area contributed by atoms with Crippen molar-refractivity contribution in [1.29, 1.82) is 0 Å². The van der Waals surface area contributed by atoms with Crippen LogP contribution in [0.15, 0.2) is 0 Å². The lowest BCUT2D eigenvalue weighted by molar-refractivity contribution is -0.361. The first kappa shape index (κ1) is 43.6. The number of aliphatic hydroxyl groups is 13. The third kappa shape index (κ3) is 10.4. The Morgan fingerprint density at radius 1 is 0.667 bits per heavy atom. The number of ether oxygens (including phenoxy) is 6. The van der Waals surface area contributed by atoms with Gasteiger partial charge < -0.3 is 105 Å². The first-order chi connectivity index (χ1) is 24.0. The number of amides is 2. The molecule has 298 valence electrons. The lowest BCUT2D eigenvalue weighted by Crippen LogP contribution is -2.68. The minimum atomic E-state index is -2.02. The van der Waals surface area contributed by atoms with Crippen LogP contribution in [0.2, 0.25) is 0 Å². The second-order valence-corrected chi connectivity index (χ2v) is 12.4. The summed E-state index contributed by atoms with van der Waals surface area (Å²) in [6.45, 7) is -2.17. The van der Waals surface area contributed by atoms with E-state index in [-0.39, 0.29) is 0 Å². The highest BCUT2D eigenvalue weighted by Crippen LogP contribution is 2.32. The van der Waals surface area contributed by atoms with E-state index in [9.17, 15) is 76.0 Å². The van der Waals surface area contributed by atoms with Crippen molar-refractivity contribution in [2.45, 2.75) is 130 Å². The molecule has 3 heterocycles. The van der Waals surface area contributed by atoms with Crippen molar-refractivity contribution in [1.82, 2.24) is 10.6 Å². The molecular formula is C28H50N2O21. The van der Waals surface area contributed by atoms with Crippen LogP contribution >= 0.6 is 0 Å². The number of hydrogen-bond donors (Lipinski definition) is 15. The predicted octanol–water partition coefficient (Wildman–Crippen LogP) is -9.83. The second-order valence-electron chi connectivity index (χ2n) is 12.4. The maximum atomic E-state index is 12.2. The first-order valence-corrected chi connectivity index (χ1v) is 16.0. The minimum Gasteiger partial charge on any atom is -0.394 e. The number of rotatable bonds is 16. The zero-order valence-electron chi connectivity index (χ0n) is 27.6. The third-order valence-electron chi connectivity index (χ3n) is 8.65. The van der Waals surface area contributed by atoms with Gasteiger partial charge in [-0.25, -0.2) is 0 Å². The van der Waals surface area contributed by atoms with Crippen LogP contribution < -0.4 is 10.6 Å². The van der Waals surface area contributed by atoms with Crippen LogP contribution in [0.3, 0.4) is 0 Å². The zero-order valence-corrected chi connectivity index (χ0v) is 27.6. The molecule has 0 aromatic rings. The van der Waals surface area contributed by atoms with Crippen LogP contribution in [0.1, 0.15) is 13.8 Å². The molecule has 0 aromatic carbocycles. The maximum absolute atomic E-state index is 12.2. The molecule has 3 fully saturated rings. The molecule has 23 heteroatoms. The molecule has 2 amide bonds. The standard InChI is InChI=1S/C28H50N2O21/c1-8(35)29-10(3-31)16(38)24(11(37)4-32)50-26-15(30-9(2)36)19(41)25(13(6-34)48-26)51-28-23(45)21(43)18(40)14(49-28)7-46-27-22(44)20(42)17(39)12(5-33)47-27/h10-28,31-34,37-45H,3-7H2,1-2H3,(H,29,35)(H,30,36)/t10-,11+,12+,13+,14+,15+,16+,17+,18+,19+,20-,21-,22-,23-,24+,25+,26-,27-,28-/m0/s1. The Bertz CT molecular complexity index is 1090. The quantitative estimate of drug-likeness (QED) is 0.0696. The average Bonchev–Trinajstić information content (AvgIpc) is 3.10. The van der Waals surface area contributed by atoms with E-state index in [0.717, 1.165) is 13.8 Å². The Morgan fingerprint density at radius 3 is 1.75 bits per heavy atom. The molecule has 0 radical (unpaired) electrons. The highest BCUT2D eigenvalue weighted by molar-refractivity contribution is 5.73. The van der Waals surface area contributed by atoms with Gasteiger partial charge in [0.15, 0.2) is 18.9 Å². The Labute approximate surface area is 290 Å². The van der Waals surface area contributed by atoms with Crippen LogP contribution in [-0.2, 0) is 38.0 Å². The van der Waals surface area contributed by atoms with Crippen molar-refractivity contribution >= 4 is 11.8 Å². The molecule has 3 saturated heterocycles. The Balaban J connectivity index is 1.81. The van der Waals surface area contributed by atoms with Gasteiger partial charge in [0, 0.05) is 13.8 Å². The summed E-state index contributed by atoms with van der Waals surface area (Å²) >= 11 is 0. The normalized spacial score (nSPS) is 41.3. The fourth-order valence-corrected chi connectivity index (χ4v) is 5.84. The van der Waals surface area contributed by atoms with Gasteiger partial charge in [0.25, 0.3) is 0 Å². The number of carbonyl (C=O) groups is 2. The SMILES string of the molecule is CC(=O)N[C@H]1[C@H](O[C@@H]([C@H](O)[C@H](CO)NC(C)=O)[C@H](O)CO)O[C@H](CO)[C@@H](O[C@@H]2O[C@H](CO[C@H]3O[C@H](CO)[C@@H](O)[C@H](O)[C@@H]3O)[C@@H](O)[C@H](O)[C@@H]2O)[C@@H]1O. The van der Waals surface area contributed by atoms with E-state index in [2.05, 4.69) is 10.6 Å². The second kappa shape index (κ2) is 19.5. The molecule has 15 N–H and O–H groups in total. The largest absolute Gasteiger partial charge is 0.394 e. The summed E-state index contributed by atoms with van der Waals surface area (Å²) in [5.74, 6) is -1.46. The highest BCUT2D eigenvalue weighted by atomic mass is 16.8. The lowest BCUT2D eigenvalue weighted by atomic mass is 9.95. The summed E-state index contributed by atoms with van der Waals surface area (Å²) in [4.78, 5) is 23.7. The lowest BCUT2D eigenvalue weighted by Gasteiger charge is -2.48. The van der Waals surface area contributed by atoms with Crippen LogP contribution in [0.5, 0.6) is 0 Å². The number of hydrogen-bond acceptors (Lipinski definition) is 21. The van der Waals surface area contributed by atoms with Crippen LogP contribution in [0.4, 0.5) is 0 Å². The fraction of sp³-hybridized carbons (Fsp3) is 0.929. The minimum absolute atomic E-state index is 0.682. The van der Waals surface area contributed by atoms with Gasteiger partial charge in [0.05, 0.1) is 39.1 Å². The van der Waals surface area contributed by atoms with E-state index < -0.39 is 161 Å². The first-order valence-electron chi connectivity index (χ1n) is 16.0. The number of aliphatic hydroxyl groups excluding tert-OH is 13. The predicted molar refractivity (Wildman–Crippen MR) is 159 cm³/mol. The topological polar surface area (TPSA) is 377 Å². The summed E-state index contributed by atoms with van der Waals surface area (Å²) in [5, 5.41) is 138. The van der Waals surface area contributed by atoms with Crippen molar-refractivity contribution < 1.29 is 104 Å². The molecule has 3 aliphatic rings. The van der Waals surface area contributed by atoms with Crippen molar-refractivity contribution in [3.63, 3.8) is 0 Å². The summed E-state index contributed by atoms with van der Waals surface area (Å²) in [6, 6.07) is -3.08. The van der Waals surface area contributed by atoms with E-state index in [4.69, 9.17) is 28.4 Å². The van der Waals surface area contributed by atoms with Gasteiger partial charge in [-0.05, 0) is 0 Å². The van der Waals surface area contributed by atoms with Crippen LogP contribution in [-0.4, -0.2) is 228 Å². The smallest absolute Gasteiger partial charge is 0.217 e. The molecule has 0 bridgehead atoms. The fourth-order valence-electron chi connectivity index (χ4n) is 5.84. The van der Waals surface area contributed by atoms with E-state index in [1.165, 1.54) is 0 Å². The van der Waals surface area contributed by atoms with Gasteiger partial charge in [-0.1, -0.05) is 0 Å². The highest BCUT2D eigenvalue weighted by Gasteiger charge is 2.53. The third-order valence-corrected chi connectivity index (χ3v) is 8.65. The summed E-state index contributed by atoms with van der Waals surface area (Å²) in [7, 11) is 0. The summed E-state index contributed by atoms with van der Waals surface area (Å²) < 4.78 is 33.3. The summed E-state index contributed by atoms with van der Waals surface area (Å²) in [6.07, 6.45) is -30.4. The Morgan fingerprint density at radius 2 is 1.22 bits per heavy atom. The molecule has 0 saturated carbocycles. The molecule has 51 heavy (non-hydrogen) atoms. The van der Waals surface area contributed by atoms with Crippen molar-refractivity contribution in [2.75, 3.05) is 33.0 Å². The Hall–Kier alpha value is -1.82.